The number of unbranched alkanes of at least 4 members (excludes halogenated alkanes) is 1. The van der Waals surface area contributed by atoms with Crippen LogP contribution in [-0.2, 0) is 9.47 Å². The van der Waals surface area contributed by atoms with Crippen LogP contribution < -0.4 is 9.47 Å². The molecule has 0 fully saturated rings. The number of hydrogen-bond donors (Lipinski definition) is 0. The van der Waals surface area contributed by atoms with Crippen molar-refractivity contribution in [2.24, 2.45) is 0 Å². The second-order valence-electron chi connectivity index (χ2n) is 12.6. The van der Waals surface area contributed by atoms with Crippen LogP contribution in [0.15, 0.2) is 109 Å². The lowest BCUT2D eigenvalue weighted by molar-refractivity contribution is -0.0453. The first-order chi connectivity index (χ1) is 22.1. The molecule has 0 N–H and O–H groups in total. The number of carbonyl (C=O) groups excluding carboxylic acids is 2. The Morgan fingerprint density at radius 3 is 1.24 bits per heavy atom. The van der Waals surface area contributed by atoms with Crippen LogP contribution in [0.3, 0.4) is 0 Å². The highest BCUT2D eigenvalue weighted by Gasteiger charge is 2.21. The van der Waals surface area contributed by atoms with E-state index in [2.05, 4.69) is 27.7 Å². The summed E-state index contributed by atoms with van der Waals surface area (Å²) in [4.78, 5) is 25.5. The minimum absolute atomic E-state index is 0.0236. The molecule has 0 spiro atoms. The van der Waals surface area contributed by atoms with E-state index in [9.17, 15) is 9.59 Å². The van der Waals surface area contributed by atoms with E-state index in [1.807, 2.05) is 84.9 Å². The molecule has 6 nitrogen and oxygen atoms in total. The molecule has 0 saturated heterocycles. The van der Waals surface area contributed by atoms with E-state index in [0.717, 1.165) is 25.7 Å². The third-order valence-corrected chi connectivity index (χ3v) is 7.76. The molecular weight excluding hydrogens is 576 g/mol. The number of rotatable bonds is 19. The lowest BCUT2D eigenvalue weighted by atomic mass is 9.95. The zero-order valence-corrected chi connectivity index (χ0v) is 27.5. The fourth-order valence-corrected chi connectivity index (χ4v) is 5.17. The van der Waals surface area contributed by atoms with Crippen molar-refractivity contribution < 1.29 is 28.5 Å². The normalized spacial score (nSPS) is 11.7. The first kappa shape index (κ1) is 34.6. The standard InChI is InChI=1S/C40H46O6/c1-39(2,45-27-25-43-35-21-13-19-33(29-35)37(41)31-15-7-5-8-16-31)23-11-12-24-40(3,4)46-28-26-44-36-22-14-20-34(30-36)38(42)32-17-9-6-10-18-32/h5-10,13-22,29-30H,11-12,23-28H2,1-4H3. The Kier molecular flexibility index (Phi) is 12.7. The van der Waals surface area contributed by atoms with Crippen molar-refractivity contribution in [3.05, 3.63) is 131 Å². The molecular formula is C40H46O6. The van der Waals surface area contributed by atoms with Gasteiger partial charge < -0.3 is 18.9 Å². The van der Waals surface area contributed by atoms with Crippen molar-refractivity contribution in [1.82, 2.24) is 0 Å². The summed E-state index contributed by atoms with van der Waals surface area (Å²) in [5, 5.41) is 0. The summed E-state index contributed by atoms with van der Waals surface area (Å²) in [6, 6.07) is 33.1. The first-order valence-corrected chi connectivity index (χ1v) is 16.1. The van der Waals surface area contributed by atoms with E-state index < -0.39 is 0 Å². The van der Waals surface area contributed by atoms with Crippen molar-refractivity contribution in [3.8, 4) is 11.5 Å². The Balaban J connectivity index is 1.09. The van der Waals surface area contributed by atoms with Crippen LogP contribution in [0.5, 0.6) is 11.5 Å². The smallest absolute Gasteiger partial charge is 0.193 e. The highest BCUT2D eigenvalue weighted by Crippen LogP contribution is 2.24. The molecule has 0 heterocycles. The van der Waals surface area contributed by atoms with E-state index in [1.165, 1.54) is 0 Å². The number of ether oxygens (including phenoxy) is 4. The molecule has 4 rings (SSSR count). The second-order valence-corrected chi connectivity index (χ2v) is 12.6. The molecule has 0 bridgehead atoms. The van der Waals surface area contributed by atoms with Crippen LogP contribution in [0.4, 0.5) is 0 Å². The lowest BCUT2D eigenvalue weighted by Gasteiger charge is -2.28. The van der Waals surface area contributed by atoms with Crippen LogP contribution in [0.25, 0.3) is 0 Å². The summed E-state index contributed by atoms with van der Waals surface area (Å²) >= 11 is 0. The van der Waals surface area contributed by atoms with Gasteiger partial charge >= 0.3 is 0 Å². The summed E-state index contributed by atoms with van der Waals surface area (Å²) in [7, 11) is 0. The highest BCUT2D eigenvalue weighted by atomic mass is 16.5. The van der Waals surface area contributed by atoms with Crippen LogP contribution >= 0.6 is 0 Å². The van der Waals surface area contributed by atoms with Gasteiger partial charge in [0.05, 0.1) is 24.4 Å². The molecule has 0 atom stereocenters. The van der Waals surface area contributed by atoms with Crippen molar-refractivity contribution >= 4 is 11.6 Å². The number of carbonyl (C=O) groups is 2. The lowest BCUT2D eigenvalue weighted by Crippen LogP contribution is -2.28. The van der Waals surface area contributed by atoms with Gasteiger partial charge in [0.15, 0.2) is 11.6 Å². The topological polar surface area (TPSA) is 71.1 Å². The molecule has 0 unspecified atom stereocenters. The quantitative estimate of drug-likeness (QED) is 0.0769. The average Bonchev–Trinajstić information content (AvgIpc) is 3.07. The van der Waals surface area contributed by atoms with Gasteiger partial charge in [0.25, 0.3) is 0 Å². The largest absolute Gasteiger partial charge is 0.491 e. The average molecular weight is 623 g/mol. The van der Waals surface area contributed by atoms with Crippen LogP contribution in [-0.4, -0.2) is 49.2 Å². The van der Waals surface area contributed by atoms with Crippen molar-refractivity contribution in [3.63, 3.8) is 0 Å². The van der Waals surface area contributed by atoms with Gasteiger partial charge in [-0.1, -0.05) is 97.8 Å². The molecule has 0 radical (unpaired) electrons. The SMILES string of the molecule is CC(C)(CCCCC(C)(C)OCCOc1cccc(C(=O)c2ccccc2)c1)OCCOc1cccc(C(=O)c2ccccc2)c1. The van der Waals surface area contributed by atoms with Crippen LogP contribution in [0, 0.1) is 0 Å². The van der Waals surface area contributed by atoms with E-state index in [1.54, 1.807) is 24.3 Å². The maximum absolute atomic E-state index is 12.7. The summed E-state index contributed by atoms with van der Waals surface area (Å²) < 4.78 is 24.1. The summed E-state index contributed by atoms with van der Waals surface area (Å²) in [6.07, 6.45) is 3.88. The fourth-order valence-electron chi connectivity index (χ4n) is 5.17. The fraction of sp³-hybridized carbons (Fsp3) is 0.350. The summed E-state index contributed by atoms with van der Waals surface area (Å²) in [5.41, 5.74) is 1.97. The van der Waals surface area contributed by atoms with Gasteiger partial charge in [-0.15, -0.1) is 0 Å². The Bertz CT molecular complexity index is 1410. The third kappa shape index (κ3) is 11.3. The van der Waals surface area contributed by atoms with Crippen LogP contribution in [0.1, 0.15) is 85.2 Å². The van der Waals surface area contributed by atoms with Gasteiger partial charge in [-0.05, 0) is 64.8 Å². The summed E-state index contributed by atoms with van der Waals surface area (Å²) in [5.74, 6) is 1.26. The molecule has 0 saturated carbocycles. The number of benzene rings is 4. The molecule has 0 aliphatic heterocycles. The molecule has 46 heavy (non-hydrogen) atoms. The third-order valence-electron chi connectivity index (χ3n) is 7.76. The highest BCUT2D eigenvalue weighted by molar-refractivity contribution is 6.09. The predicted molar refractivity (Wildman–Crippen MR) is 182 cm³/mol. The van der Waals surface area contributed by atoms with Gasteiger partial charge in [-0.25, -0.2) is 0 Å². The Labute approximate surface area is 273 Å². The molecule has 242 valence electrons. The second kappa shape index (κ2) is 16.9. The molecule has 0 aliphatic carbocycles. The van der Waals surface area contributed by atoms with Gasteiger partial charge in [-0.2, -0.15) is 0 Å². The number of ketones is 2. The van der Waals surface area contributed by atoms with E-state index in [4.69, 9.17) is 18.9 Å². The van der Waals surface area contributed by atoms with Crippen molar-refractivity contribution in [2.75, 3.05) is 26.4 Å². The Morgan fingerprint density at radius 1 is 0.478 bits per heavy atom. The Morgan fingerprint density at radius 2 is 0.848 bits per heavy atom. The minimum atomic E-state index is -0.274. The van der Waals surface area contributed by atoms with Crippen molar-refractivity contribution in [1.29, 1.82) is 0 Å². The first-order valence-electron chi connectivity index (χ1n) is 16.1. The van der Waals surface area contributed by atoms with Gasteiger partial charge in [0.2, 0.25) is 0 Å². The zero-order valence-electron chi connectivity index (χ0n) is 27.5. The van der Waals surface area contributed by atoms with E-state index >= 15 is 0 Å². The van der Waals surface area contributed by atoms with Gasteiger partial charge in [0, 0.05) is 22.3 Å². The zero-order chi connectivity index (χ0) is 32.8. The monoisotopic (exact) mass is 622 g/mol. The summed E-state index contributed by atoms with van der Waals surface area (Å²) in [6.45, 7) is 10.2. The van der Waals surface area contributed by atoms with E-state index in [0.29, 0.717) is 60.2 Å². The molecule has 4 aromatic carbocycles. The molecule has 0 amide bonds. The molecule has 6 heteroatoms. The number of hydrogen-bond acceptors (Lipinski definition) is 6. The van der Waals surface area contributed by atoms with Crippen LogP contribution in [0.2, 0.25) is 0 Å². The maximum Gasteiger partial charge on any atom is 0.193 e. The Hall–Kier alpha value is -4.26. The predicted octanol–water partition coefficient (Wildman–Crippen LogP) is 8.76. The maximum atomic E-state index is 12.7. The minimum Gasteiger partial charge on any atom is -0.491 e. The molecule has 4 aromatic rings. The van der Waals surface area contributed by atoms with Gasteiger partial charge in [-0.3, -0.25) is 9.59 Å². The van der Waals surface area contributed by atoms with Crippen molar-refractivity contribution in [2.45, 2.75) is 64.6 Å². The molecule has 0 aromatic heterocycles. The van der Waals surface area contributed by atoms with E-state index in [-0.39, 0.29) is 22.8 Å². The van der Waals surface area contributed by atoms with Gasteiger partial charge in [0.1, 0.15) is 24.7 Å². The molecule has 0 aliphatic rings.